The number of benzene rings is 2. The Hall–Kier alpha value is -1.27. The summed E-state index contributed by atoms with van der Waals surface area (Å²) in [6.07, 6.45) is 0. The Balaban J connectivity index is 2.58. The van der Waals surface area contributed by atoms with Crippen LogP contribution in [-0.2, 0) is 0 Å². The first-order valence-electron chi connectivity index (χ1n) is 5.42. The van der Waals surface area contributed by atoms with E-state index in [0.29, 0.717) is 0 Å². The molecule has 0 fully saturated rings. The van der Waals surface area contributed by atoms with Crippen molar-refractivity contribution >= 4 is 11.6 Å². The van der Waals surface area contributed by atoms with Crippen LogP contribution in [0, 0.1) is 20.8 Å². The second-order valence-electron chi connectivity index (χ2n) is 4.26. The van der Waals surface area contributed by atoms with Crippen molar-refractivity contribution in [2.45, 2.75) is 20.8 Å². The standard InChI is InChI=1S/C15H15Cl/c1-10-4-6-13(8-12(10)3)15-9-14(16)7-5-11(15)2/h4-9H,1-3H3. The van der Waals surface area contributed by atoms with E-state index in [1.807, 2.05) is 12.1 Å². The van der Waals surface area contributed by atoms with Crippen molar-refractivity contribution in [2.24, 2.45) is 0 Å². The van der Waals surface area contributed by atoms with Gasteiger partial charge in [0.15, 0.2) is 0 Å². The number of hydrogen-bond donors (Lipinski definition) is 0. The van der Waals surface area contributed by atoms with Crippen LogP contribution in [0.1, 0.15) is 16.7 Å². The smallest absolute Gasteiger partial charge is 0.0412 e. The van der Waals surface area contributed by atoms with Gasteiger partial charge < -0.3 is 0 Å². The molecule has 0 radical (unpaired) electrons. The molecule has 1 heteroatoms. The number of aryl methyl sites for hydroxylation is 3. The molecule has 0 saturated carbocycles. The molecule has 2 aromatic carbocycles. The summed E-state index contributed by atoms with van der Waals surface area (Å²) in [4.78, 5) is 0. The fourth-order valence-corrected chi connectivity index (χ4v) is 1.99. The van der Waals surface area contributed by atoms with Gasteiger partial charge in [-0.3, -0.25) is 0 Å². The third-order valence-corrected chi connectivity index (χ3v) is 3.25. The van der Waals surface area contributed by atoms with Gasteiger partial charge in [0.1, 0.15) is 0 Å². The average Bonchev–Trinajstić information content (AvgIpc) is 2.26. The summed E-state index contributed by atoms with van der Waals surface area (Å²) >= 11 is 6.04. The second kappa shape index (κ2) is 4.31. The lowest BCUT2D eigenvalue weighted by Crippen LogP contribution is -1.86. The predicted octanol–water partition coefficient (Wildman–Crippen LogP) is 4.93. The summed E-state index contributed by atoms with van der Waals surface area (Å²) in [5.41, 5.74) is 6.35. The molecule has 2 aromatic rings. The summed E-state index contributed by atoms with van der Waals surface area (Å²) in [6.45, 7) is 6.38. The van der Waals surface area contributed by atoms with Gasteiger partial charge in [-0.25, -0.2) is 0 Å². The molecule has 16 heavy (non-hydrogen) atoms. The third kappa shape index (κ3) is 2.12. The fourth-order valence-electron chi connectivity index (χ4n) is 1.81. The van der Waals surface area contributed by atoms with Crippen LogP contribution in [0.15, 0.2) is 36.4 Å². The SMILES string of the molecule is Cc1ccc(-c2cc(Cl)ccc2C)cc1C. The van der Waals surface area contributed by atoms with Crippen molar-refractivity contribution in [1.82, 2.24) is 0 Å². The zero-order chi connectivity index (χ0) is 11.7. The molecule has 2 rings (SSSR count). The lowest BCUT2D eigenvalue weighted by Gasteiger charge is -2.09. The molecule has 0 saturated heterocycles. The van der Waals surface area contributed by atoms with Gasteiger partial charge in [0.2, 0.25) is 0 Å². The van der Waals surface area contributed by atoms with Crippen LogP contribution >= 0.6 is 11.6 Å². The topological polar surface area (TPSA) is 0 Å². The Kier molecular flexibility index (Phi) is 3.02. The van der Waals surface area contributed by atoms with Crippen molar-refractivity contribution < 1.29 is 0 Å². The first-order valence-corrected chi connectivity index (χ1v) is 5.79. The van der Waals surface area contributed by atoms with E-state index >= 15 is 0 Å². The van der Waals surface area contributed by atoms with Gasteiger partial charge in [-0.15, -0.1) is 0 Å². The summed E-state index contributed by atoms with van der Waals surface area (Å²) in [6, 6.07) is 12.6. The van der Waals surface area contributed by atoms with Crippen LogP contribution in [0.3, 0.4) is 0 Å². The molecule has 0 atom stereocenters. The van der Waals surface area contributed by atoms with Crippen molar-refractivity contribution in [3.63, 3.8) is 0 Å². The van der Waals surface area contributed by atoms with Crippen molar-refractivity contribution in [3.8, 4) is 11.1 Å². The highest BCUT2D eigenvalue weighted by Crippen LogP contribution is 2.27. The molecule has 82 valence electrons. The zero-order valence-corrected chi connectivity index (χ0v) is 10.6. The Morgan fingerprint density at radius 1 is 0.750 bits per heavy atom. The van der Waals surface area contributed by atoms with E-state index in [0.717, 1.165) is 5.02 Å². The quantitative estimate of drug-likeness (QED) is 0.652. The Bertz CT molecular complexity index is 527. The van der Waals surface area contributed by atoms with E-state index in [-0.39, 0.29) is 0 Å². The lowest BCUT2D eigenvalue weighted by molar-refractivity contribution is 1.33. The van der Waals surface area contributed by atoms with Crippen molar-refractivity contribution in [3.05, 3.63) is 58.1 Å². The van der Waals surface area contributed by atoms with Crippen LogP contribution in [0.25, 0.3) is 11.1 Å². The summed E-state index contributed by atoms with van der Waals surface area (Å²) in [5, 5.41) is 0.791. The molecule has 0 aliphatic carbocycles. The molecule has 0 aliphatic rings. The van der Waals surface area contributed by atoms with Crippen LogP contribution < -0.4 is 0 Å². The van der Waals surface area contributed by atoms with Gasteiger partial charge in [-0.2, -0.15) is 0 Å². The normalized spacial score (nSPS) is 10.5. The van der Waals surface area contributed by atoms with E-state index in [2.05, 4.69) is 45.0 Å². The van der Waals surface area contributed by atoms with Crippen LogP contribution in [0.2, 0.25) is 5.02 Å². The summed E-state index contributed by atoms with van der Waals surface area (Å²) in [5.74, 6) is 0. The van der Waals surface area contributed by atoms with Crippen LogP contribution in [0.5, 0.6) is 0 Å². The maximum Gasteiger partial charge on any atom is 0.0412 e. The predicted molar refractivity (Wildman–Crippen MR) is 71.1 cm³/mol. The van der Waals surface area contributed by atoms with Crippen LogP contribution in [0.4, 0.5) is 0 Å². The molecular weight excluding hydrogens is 216 g/mol. The highest BCUT2D eigenvalue weighted by molar-refractivity contribution is 6.30. The Morgan fingerprint density at radius 2 is 1.44 bits per heavy atom. The van der Waals surface area contributed by atoms with Gasteiger partial charge in [0.05, 0.1) is 0 Å². The maximum absolute atomic E-state index is 6.04. The largest absolute Gasteiger partial charge is 0.0843 e. The van der Waals surface area contributed by atoms with Gasteiger partial charge in [0, 0.05) is 5.02 Å². The van der Waals surface area contributed by atoms with Gasteiger partial charge in [-0.05, 0) is 60.7 Å². The number of halogens is 1. The highest BCUT2D eigenvalue weighted by atomic mass is 35.5. The first kappa shape index (κ1) is 11.2. The second-order valence-corrected chi connectivity index (χ2v) is 4.69. The van der Waals surface area contributed by atoms with E-state index in [9.17, 15) is 0 Å². The molecule has 0 nitrogen and oxygen atoms in total. The van der Waals surface area contributed by atoms with E-state index < -0.39 is 0 Å². The molecule has 0 spiro atoms. The van der Waals surface area contributed by atoms with E-state index in [1.165, 1.54) is 27.8 Å². The number of hydrogen-bond acceptors (Lipinski definition) is 0. The van der Waals surface area contributed by atoms with E-state index in [4.69, 9.17) is 11.6 Å². The lowest BCUT2D eigenvalue weighted by atomic mass is 9.97. The number of rotatable bonds is 1. The highest BCUT2D eigenvalue weighted by Gasteiger charge is 2.03. The fraction of sp³-hybridized carbons (Fsp3) is 0.200. The minimum absolute atomic E-state index is 0.791. The Morgan fingerprint density at radius 3 is 2.12 bits per heavy atom. The molecule has 0 bridgehead atoms. The van der Waals surface area contributed by atoms with Gasteiger partial charge >= 0.3 is 0 Å². The maximum atomic E-state index is 6.04. The minimum atomic E-state index is 0.791. The third-order valence-electron chi connectivity index (χ3n) is 3.02. The molecule has 0 amide bonds. The molecular formula is C15H15Cl. The first-order chi connectivity index (χ1) is 7.58. The molecule has 0 N–H and O–H groups in total. The summed E-state index contributed by atoms with van der Waals surface area (Å²) < 4.78 is 0. The van der Waals surface area contributed by atoms with E-state index in [1.54, 1.807) is 0 Å². The average molecular weight is 231 g/mol. The van der Waals surface area contributed by atoms with Crippen molar-refractivity contribution in [1.29, 1.82) is 0 Å². The zero-order valence-electron chi connectivity index (χ0n) is 9.84. The summed E-state index contributed by atoms with van der Waals surface area (Å²) in [7, 11) is 0. The molecule has 0 heterocycles. The molecule has 0 unspecified atom stereocenters. The van der Waals surface area contributed by atoms with Gasteiger partial charge in [-0.1, -0.05) is 35.9 Å². The Labute approximate surface area is 102 Å². The molecule has 0 aromatic heterocycles. The minimum Gasteiger partial charge on any atom is -0.0843 e. The molecule has 0 aliphatic heterocycles. The van der Waals surface area contributed by atoms with Gasteiger partial charge in [0.25, 0.3) is 0 Å². The van der Waals surface area contributed by atoms with Crippen LogP contribution in [-0.4, -0.2) is 0 Å². The van der Waals surface area contributed by atoms with Crippen molar-refractivity contribution in [2.75, 3.05) is 0 Å². The monoisotopic (exact) mass is 230 g/mol.